The number of aromatic hydroxyl groups is 1. The molecule has 1 saturated heterocycles. The second-order valence-corrected chi connectivity index (χ2v) is 10.8. The maximum atomic E-state index is 9.98. The van der Waals surface area contributed by atoms with Gasteiger partial charge in [-0.2, -0.15) is 0 Å². The lowest BCUT2D eigenvalue weighted by Gasteiger charge is -2.26. The minimum Gasteiger partial charge on any atom is -0.508 e. The van der Waals surface area contributed by atoms with Crippen LogP contribution in [-0.4, -0.2) is 36.2 Å². The van der Waals surface area contributed by atoms with Gasteiger partial charge < -0.3 is 14.6 Å². The van der Waals surface area contributed by atoms with Crippen molar-refractivity contribution in [2.75, 3.05) is 26.2 Å². The van der Waals surface area contributed by atoms with Crippen LogP contribution in [0.15, 0.2) is 65.6 Å². The molecule has 2 unspecified atom stereocenters. The lowest BCUT2D eigenvalue weighted by Crippen LogP contribution is -2.33. The molecule has 0 spiro atoms. The Hall–Kier alpha value is -2.63. The zero-order valence-electron chi connectivity index (χ0n) is 20.0. The predicted octanol–water partition coefficient (Wildman–Crippen LogP) is 7.53. The molecule has 4 nitrogen and oxygen atoms in total. The summed E-state index contributed by atoms with van der Waals surface area (Å²) >= 11 is 1.89. The summed E-state index contributed by atoms with van der Waals surface area (Å²) in [6.45, 7) is 8.50. The van der Waals surface area contributed by atoms with Gasteiger partial charge in [-0.25, -0.2) is 0 Å². The Kier molecular flexibility index (Phi) is 7.02. The van der Waals surface area contributed by atoms with Crippen LogP contribution in [0.25, 0.3) is 10.8 Å². The summed E-state index contributed by atoms with van der Waals surface area (Å²) in [5, 5.41) is 12.3. The third-order valence-corrected chi connectivity index (χ3v) is 8.19. The molecule has 34 heavy (non-hydrogen) atoms. The van der Waals surface area contributed by atoms with E-state index in [1.165, 1.54) is 42.8 Å². The first-order valence-corrected chi connectivity index (χ1v) is 13.2. The molecule has 1 N–H and O–H groups in total. The Bertz CT molecular complexity index is 1170. The number of nitrogens with zero attached hydrogens (tertiary/aromatic N) is 1. The Labute approximate surface area is 206 Å². The molecule has 0 saturated carbocycles. The molecule has 0 bridgehead atoms. The number of piperidine rings is 1. The number of benzene rings is 3. The Morgan fingerprint density at radius 3 is 2.47 bits per heavy atom. The first kappa shape index (κ1) is 23.1. The van der Waals surface area contributed by atoms with Gasteiger partial charge in [-0.3, -0.25) is 4.90 Å². The normalized spacial score (nSPS) is 20.9. The van der Waals surface area contributed by atoms with Crippen LogP contribution in [0.5, 0.6) is 23.0 Å². The molecular formula is C29H33NO3S. The number of phenolic OH excluding ortho intramolecular Hbond substituents is 1. The molecule has 3 aromatic carbocycles. The molecule has 0 aromatic heterocycles. The monoisotopic (exact) mass is 475 g/mol. The van der Waals surface area contributed by atoms with Crippen LogP contribution < -0.4 is 9.47 Å². The van der Waals surface area contributed by atoms with Crippen LogP contribution in [0.4, 0.5) is 0 Å². The van der Waals surface area contributed by atoms with Crippen LogP contribution in [0.2, 0.25) is 0 Å². The lowest BCUT2D eigenvalue weighted by molar-refractivity contribution is 0.183. The molecule has 3 aromatic rings. The Morgan fingerprint density at radius 1 is 0.971 bits per heavy atom. The van der Waals surface area contributed by atoms with Crippen molar-refractivity contribution in [3.63, 3.8) is 0 Å². The van der Waals surface area contributed by atoms with Gasteiger partial charge >= 0.3 is 0 Å². The fourth-order valence-electron chi connectivity index (χ4n) is 4.99. The van der Waals surface area contributed by atoms with E-state index in [0.717, 1.165) is 34.6 Å². The minimum atomic E-state index is 0.262. The van der Waals surface area contributed by atoms with Crippen molar-refractivity contribution < 1.29 is 14.6 Å². The number of fused-ring (bicyclic) bond motifs is 1. The van der Waals surface area contributed by atoms with E-state index in [2.05, 4.69) is 37.0 Å². The Morgan fingerprint density at radius 2 is 1.74 bits per heavy atom. The van der Waals surface area contributed by atoms with Gasteiger partial charge in [-0.05, 0) is 91.5 Å². The number of hydrogen-bond donors (Lipinski definition) is 1. The van der Waals surface area contributed by atoms with Gasteiger partial charge in [-0.1, -0.05) is 31.6 Å². The standard InChI is InChI=1S/C29H33NO3S/c1-20-18-21(2)34-29(20)27-12-6-22-19-23(31)7-13-26(22)28(27)33-25-10-8-24(9-11-25)32-17-16-30-14-4-3-5-15-30/h6-13,18-20,29,31H,3-5,14-17H2,1-2H3. The quantitative estimate of drug-likeness (QED) is 0.382. The number of thioether (sulfide) groups is 1. The average molecular weight is 476 g/mol. The van der Waals surface area contributed by atoms with Crippen molar-refractivity contribution in [3.05, 3.63) is 71.1 Å². The molecule has 178 valence electrons. The predicted molar refractivity (Wildman–Crippen MR) is 141 cm³/mol. The SMILES string of the molecule is CC1=CC(C)C(c2ccc3cc(O)ccc3c2Oc2ccc(OCCN3CCCCC3)cc2)S1. The van der Waals surface area contributed by atoms with Gasteiger partial charge in [-0.15, -0.1) is 11.8 Å². The van der Waals surface area contributed by atoms with E-state index in [0.29, 0.717) is 17.8 Å². The van der Waals surface area contributed by atoms with E-state index in [9.17, 15) is 5.11 Å². The second-order valence-electron chi connectivity index (χ2n) is 9.39. The van der Waals surface area contributed by atoms with Crippen molar-refractivity contribution in [3.8, 4) is 23.0 Å². The van der Waals surface area contributed by atoms with Crippen molar-refractivity contribution in [1.29, 1.82) is 0 Å². The molecule has 5 rings (SSSR count). The van der Waals surface area contributed by atoms with Gasteiger partial charge in [0.1, 0.15) is 29.6 Å². The summed E-state index contributed by atoms with van der Waals surface area (Å²) in [4.78, 5) is 3.83. The van der Waals surface area contributed by atoms with Gasteiger partial charge in [0.25, 0.3) is 0 Å². The van der Waals surface area contributed by atoms with E-state index >= 15 is 0 Å². The highest BCUT2D eigenvalue weighted by Gasteiger charge is 2.28. The minimum absolute atomic E-state index is 0.262. The molecule has 2 aliphatic heterocycles. The summed E-state index contributed by atoms with van der Waals surface area (Å²) < 4.78 is 12.5. The van der Waals surface area contributed by atoms with Crippen molar-refractivity contribution >= 4 is 22.5 Å². The van der Waals surface area contributed by atoms with E-state index < -0.39 is 0 Å². The third-order valence-electron chi connectivity index (χ3n) is 6.75. The fraction of sp³-hybridized carbons (Fsp3) is 0.379. The number of ether oxygens (including phenoxy) is 2. The summed E-state index contributed by atoms with van der Waals surface area (Å²) in [6, 6.07) is 17.6. The largest absolute Gasteiger partial charge is 0.508 e. The Balaban J connectivity index is 1.34. The summed E-state index contributed by atoms with van der Waals surface area (Å²) in [5.74, 6) is 3.21. The first-order valence-electron chi connectivity index (χ1n) is 12.3. The summed E-state index contributed by atoms with van der Waals surface area (Å²) in [5.41, 5.74) is 1.19. The van der Waals surface area contributed by atoms with Crippen LogP contribution in [0.3, 0.4) is 0 Å². The maximum absolute atomic E-state index is 9.98. The van der Waals surface area contributed by atoms with Gasteiger partial charge in [0.2, 0.25) is 0 Å². The van der Waals surface area contributed by atoms with E-state index in [1.54, 1.807) is 12.1 Å². The molecule has 1 fully saturated rings. The average Bonchev–Trinajstić information content (AvgIpc) is 3.18. The van der Waals surface area contributed by atoms with Crippen LogP contribution >= 0.6 is 11.8 Å². The van der Waals surface area contributed by atoms with Gasteiger partial charge in [0.05, 0.1) is 0 Å². The highest BCUT2D eigenvalue weighted by Crippen LogP contribution is 2.51. The van der Waals surface area contributed by atoms with E-state index in [4.69, 9.17) is 9.47 Å². The highest BCUT2D eigenvalue weighted by atomic mass is 32.2. The lowest BCUT2D eigenvalue weighted by atomic mass is 9.96. The zero-order valence-corrected chi connectivity index (χ0v) is 20.8. The van der Waals surface area contributed by atoms with Crippen molar-refractivity contribution in [2.45, 2.75) is 38.4 Å². The van der Waals surface area contributed by atoms with Crippen LogP contribution in [-0.2, 0) is 0 Å². The van der Waals surface area contributed by atoms with Crippen LogP contribution in [0, 0.1) is 5.92 Å². The van der Waals surface area contributed by atoms with Crippen LogP contribution in [0.1, 0.15) is 43.9 Å². The van der Waals surface area contributed by atoms with Crippen molar-refractivity contribution in [1.82, 2.24) is 4.90 Å². The smallest absolute Gasteiger partial charge is 0.139 e. The molecule has 0 radical (unpaired) electrons. The van der Waals surface area contributed by atoms with E-state index in [-0.39, 0.29) is 5.75 Å². The first-order chi connectivity index (χ1) is 16.6. The molecule has 0 amide bonds. The molecule has 2 heterocycles. The summed E-state index contributed by atoms with van der Waals surface area (Å²) in [7, 11) is 0. The molecule has 5 heteroatoms. The molecular weight excluding hydrogens is 442 g/mol. The second kappa shape index (κ2) is 10.3. The van der Waals surface area contributed by atoms with Gasteiger partial charge in [0, 0.05) is 22.7 Å². The highest BCUT2D eigenvalue weighted by molar-refractivity contribution is 8.03. The molecule has 2 atom stereocenters. The topological polar surface area (TPSA) is 41.9 Å². The number of phenols is 1. The third kappa shape index (κ3) is 5.21. The fourth-order valence-corrected chi connectivity index (χ4v) is 6.29. The molecule has 2 aliphatic rings. The zero-order chi connectivity index (χ0) is 23.5. The number of rotatable bonds is 7. The summed E-state index contributed by atoms with van der Waals surface area (Å²) in [6.07, 6.45) is 6.29. The number of hydrogen-bond acceptors (Lipinski definition) is 5. The van der Waals surface area contributed by atoms with E-state index in [1.807, 2.05) is 42.1 Å². The van der Waals surface area contributed by atoms with Crippen molar-refractivity contribution in [2.24, 2.45) is 5.92 Å². The molecule has 0 aliphatic carbocycles. The maximum Gasteiger partial charge on any atom is 0.139 e. The number of allylic oxidation sites excluding steroid dienone is 2. The number of likely N-dealkylation sites (tertiary alicyclic amines) is 1. The van der Waals surface area contributed by atoms with Gasteiger partial charge in [0.15, 0.2) is 0 Å².